The summed E-state index contributed by atoms with van der Waals surface area (Å²) in [4.78, 5) is 17.6. The minimum atomic E-state index is -4.86. The van der Waals surface area contributed by atoms with Crippen molar-refractivity contribution in [2.75, 3.05) is 33.7 Å². The molecule has 1 aliphatic rings. The Labute approximate surface area is 223 Å². The number of benzene rings is 1. The summed E-state index contributed by atoms with van der Waals surface area (Å²) < 4.78 is 41.0. The number of carbonyl (C=O) groups is 1. The van der Waals surface area contributed by atoms with E-state index in [2.05, 4.69) is 11.4 Å². The second-order valence-corrected chi connectivity index (χ2v) is 10.2. The molecular weight excluding hydrogens is 523 g/mol. The van der Waals surface area contributed by atoms with E-state index in [9.17, 15) is 23.2 Å². The Bertz CT molecular complexity index is 1280. The van der Waals surface area contributed by atoms with Crippen LogP contribution in [0.4, 0.5) is 13.2 Å². The lowest BCUT2D eigenvalue weighted by molar-refractivity contribution is -0.127. The van der Waals surface area contributed by atoms with E-state index in [-0.39, 0.29) is 40.0 Å². The number of hydrogen-bond donors (Lipinski definition) is 2. The van der Waals surface area contributed by atoms with E-state index < -0.39 is 17.8 Å². The van der Waals surface area contributed by atoms with Crippen molar-refractivity contribution in [1.82, 2.24) is 15.1 Å². The largest absolute Gasteiger partial charge is 0.433 e. The zero-order valence-electron chi connectivity index (χ0n) is 20.6. The van der Waals surface area contributed by atoms with Crippen LogP contribution in [0, 0.1) is 16.7 Å². The van der Waals surface area contributed by atoms with Crippen LogP contribution in [0.15, 0.2) is 42.6 Å². The van der Waals surface area contributed by atoms with Crippen LogP contribution < -0.4 is 5.32 Å². The van der Waals surface area contributed by atoms with Crippen LogP contribution in [0.2, 0.25) is 5.02 Å². The molecule has 1 unspecified atom stereocenters. The van der Waals surface area contributed by atoms with Gasteiger partial charge in [-0.05, 0) is 37.7 Å². The lowest BCUT2D eigenvalue weighted by Crippen LogP contribution is -2.37. The molecule has 0 saturated heterocycles. The molecular formula is C26H27ClF3N5OS. The van der Waals surface area contributed by atoms with Gasteiger partial charge in [-0.3, -0.25) is 10.2 Å². The molecule has 1 atom stereocenters. The van der Waals surface area contributed by atoms with Crippen molar-refractivity contribution in [2.24, 2.45) is 0 Å². The van der Waals surface area contributed by atoms with Crippen LogP contribution in [0.1, 0.15) is 39.3 Å². The van der Waals surface area contributed by atoms with Crippen LogP contribution in [0.25, 0.3) is 5.57 Å². The van der Waals surface area contributed by atoms with Crippen molar-refractivity contribution in [2.45, 2.75) is 25.6 Å². The van der Waals surface area contributed by atoms with Gasteiger partial charge in [0.15, 0.2) is 0 Å². The summed E-state index contributed by atoms with van der Waals surface area (Å²) in [6.45, 7) is 3.08. The minimum absolute atomic E-state index is 0.157. The maximum absolute atomic E-state index is 13.7. The first-order chi connectivity index (χ1) is 17.5. The first-order valence-corrected chi connectivity index (χ1v) is 12.7. The fourth-order valence-electron chi connectivity index (χ4n) is 4.13. The zero-order chi connectivity index (χ0) is 27.3. The fourth-order valence-corrected chi connectivity index (χ4v) is 5.66. The first kappa shape index (κ1) is 28.4. The summed E-state index contributed by atoms with van der Waals surface area (Å²) in [5.41, 5.74) is -0.461. The molecule has 37 heavy (non-hydrogen) atoms. The monoisotopic (exact) mass is 549 g/mol. The molecule has 1 aromatic carbocycles. The Hall–Kier alpha value is -3.13. The highest BCUT2D eigenvalue weighted by molar-refractivity contribution is 7.13. The number of nitriles is 1. The third-order valence-electron chi connectivity index (χ3n) is 5.82. The number of rotatable bonds is 8. The average Bonchev–Trinajstić information content (AvgIpc) is 3.18. The van der Waals surface area contributed by atoms with Gasteiger partial charge in [0.2, 0.25) is 5.91 Å². The van der Waals surface area contributed by atoms with Crippen LogP contribution in [-0.2, 0) is 11.3 Å². The van der Waals surface area contributed by atoms with Gasteiger partial charge in [0.05, 0.1) is 11.6 Å². The zero-order valence-corrected chi connectivity index (χ0v) is 22.2. The highest BCUT2D eigenvalue weighted by Gasteiger charge is 2.40. The maximum atomic E-state index is 13.7. The lowest BCUT2D eigenvalue weighted by atomic mass is 9.82. The molecule has 0 spiro atoms. The molecule has 2 heterocycles. The van der Waals surface area contributed by atoms with E-state index in [0.29, 0.717) is 29.1 Å². The van der Waals surface area contributed by atoms with Gasteiger partial charge in [0.25, 0.3) is 0 Å². The third-order valence-corrected chi connectivity index (χ3v) is 7.42. The molecule has 1 aliphatic heterocycles. The Morgan fingerprint density at radius 1 is 1.38 bits per heavy atom. The number of nitrogens with one attached hydrogen (secondary N) is 2. The minimum Gasteiger partial charge on any atom is -0.391 e. The van der Waals surface area contributed by atoms with Crippen molar-refractivity contribution in [3.05, 3.63) is 74.1 Å². The van der Waals surface area contributed by atoms with Crippen LogP contribution >= 0.6 is 22.9 Å². The smallest absolute Gasteiger partial charge is 0.391 e. The van der Waals surface area contributed by atoms with Gasteiger partial charge in [-0.15, -0.1) is 11.3 Å². The molecule has 196 valence electrons. The summed E-state index contributed by atoms with van der Waals surface area (Å²) in [6, 6.07) is 8.60. The third kappa shape index (κ3) is 6.42. The highest BCUT2D eigenvalue weighted by Crippen LogP contribution is 2.46. The number of allylic oxidation sites excluding steroid dienone is 1. The number of nitrogens with zero attached hydrogens (tertiary/aromatic N) is 3. The van der Waals surface area contributed by atoms with Crippen molar-refractivity contribution >= 4 is 40.1 Å². The predicted octanol–water partition coefficient (Wildman–Crippen LogP) is 5.40. The summed E-state index contributed by atoms with van der Waals surface area (Å²) in [5, 5.41) is 20.5. The Kier molecular flexibility index (Phi) is 9.18. The first-order valence-electron chi connectivity index (χ1n) is 11.5. The number of fused-ring (bicyclic) bond motifs is 1. The average molecular weight is 550 g/mol. The van der Waals surface area contributed by atoms with Gasteiger partial charge in [0.1, 0.15) is 16.7 Å². The van der Waals surface area contributed by atoms with E-state index in [1.54, 1.807) is 36.1 Å². The number of thiophene rings is 1. The van der Waals surface area contributed by atoms with E-state index in [0.717, 1.165) is 0 Å². The number of alkyl halides is 3. The molecule has 2 aromatic rings. The predicted molar refractivity (Wildman–Crippen MR) is 141 cm³/mol. The van der Waals surface area contributed by atoms with Gasteiger partial charge in [0, 0.05) is 48.3 Å². The number of halogens is 4. The maximum Gasteiger partial charge on any atom is 0.433 e. The summed E-state index contributed by atoms with van der Waals surface area (Å²) in [7, 11) is 3.76. The van der Waals surface area contributed by atoms with Crippen molar-refractivity contribution in [3.8, 4) is 6.07 Å². The molecule has 0 saturated carbocycles. The summed E-state index contributed by atoms with van der Waals surface area (Å²) in [6.07, 6.45) is -0.449. The molecule has 11 heteroatoms. The summed E-state index contributed by atoms with van der Waals surface area (Å²) >= 11 is 7.78. The summed E-state index contributed by atoms with van der Waals surface area (Å²) in [5.74, 6) is -0.840. The van der Waals surface area contributed by atoms with E-state index in [1.807, 2.05) is 19.0 Å². The Balaban J connectivity index is 2.16. The fraction of sp³-hybridized carbons (Fsp3) is 0.346. The molecule has 0 bridgehead atoms. The van der Waals surface area contributed by atoms with Crippen molar-refractivity contribution < 1.29 is 18.0 Å². The van der Waals surface area contributed by atoms with Crippen molar-refractivity contribution in [1.29, 1.82) is 10.7 Å². The van der Waals surface area contributed by atoms with Gasteiger partial charge in [-0.25, -0.2) is 0 Å². The standard InChI is InChI=1S/C26H27ClF3N5OS/c1-4-33-13-18(25(32)26(28,29)30)16-8-5-6-9-17(16)19-14-35(22(36)10-7-11-34(2)3)15-21-23(19)24(27)20(12-31)37-21/h5-10,13,19,32-33H,4,11,14-15H2,1-3H3/b10-7+,18-13-,32-25?. The van der Waals surface area contributed by atoms with Gasteiger partial charge >= 0.3 is 6.18 Å². The normalized spacial score (nSPS) is 16.1. The molecule has 3 rings (SSSR count). The van der Waals surface area contributed by atoms with Crippen LogP contribution in [0.3, 0.4) is 0 Å². The molecule has 6 nitrogen and oxygen atoms in total. The SMILES string of the molecule is CCN/C=C(\C(=N)C(F)(F)F)c1ccccc1C1CN(C(=O)/C=C/CN(C)C)Cc2sc(C#N)c(Cl)c21. The van der Waals surface area contributed by atoms with Gasteiger partial charge in [-0.1, -0.05) is 41.9 Å². The highest BCUT2D eigenvalue weighted by atomic mass is 35.5. The van der Waals surface area contributed by atoms with E-state index in [1.165, 1.54) is 29.7 Å². The van der Waals surface area contributed by atoms with Crippen LogP contribution in [0.5, 0.6) is 0 Å². The number of hydrogen-bond acceptors (Lipinski definition) is 6. The lowest BCUT2D eigenvalue weighted by Gasteiger charge is -2.34. The second-order valence-electron chi connectivity index (χ2n) is 8.71. The Morgan fingerprint density at radius 2 is 2.08 bits per heavy atom. The number of amides is 1. The molecule has 0 fully saturated rings. The van der Waals surface area contributed by atoms with E-state index >= 15 is 0 Å². The van der Waals surface area contributed by atoms with Gasteiger partial charge in [-0.2, -0.15) is 18.4 Å². The molecule has 2 N–H and O–H groups in total. The van der Waals surface area contributed by atoms with Gasteiger partial charge < -0.3 is 15.1 Å². The molecule has 0 radical (unpaired) electrons. The topological polar surface area (TPSA) is 83.2 Å². The number of carbonyl (C=O) groups excluding carboxylic acids is 1. The van der Waals surface area contributed by atoms with Crippen LogP contribution in [-0.4, -0.2) is 61.3 Å². The van der Waals surface area contributed by atoms with Crippen molar-refractivity contribution in [3.63, 3.8) is 0 Å². The molecule has 0 aliphatic carbocycles. The second kappa shape index (κ2) is 11.9. The number of likely N-dealkylation sites (N-methyl/N-ethyl adjacent to an activating group) is 1. The van der Waals surface area contributed by atoms with E-state index in [4.69, 9.17) is 17.0 Å². The quantitative estimate of drug-likeness (QED) is 0.341. The Morgan fingerprint density at radius 3 is 2.70 bits per heavy atom. The molecule has 1 amide bonds. The molecule has 1 aromatic heterocycles.